The third kappa shape index (κ3) is 2.66. The van der Waals surface area contributed by atoms with Crippen LogP contribution in [0.4, 0.5) is 0 Å². The van der Waals surface area contributed by atoms with E-state index in [1.807, 2.05) is 25.1 Å². The Hall–Kier alpha value is -1.24. The minimum atomic E-state index is -1.56. The molecule has 0 bridgehead atoms. The van der Waals surface area contributed by atoms with Crippen LogP contribution in [0, 0.1) is 0 Å². The molecule has 3 heteroatoms. The Morgan fingerprint density at radius 1 is 1.12 bits per heavy atom. The molecule has 0 spiro atoms. The maximum Gasteiger partial charge on any atom is 0.512 e. The van der Waals surface area contributed by atoms with Crippen LogP contribution in [0.3, 0.4) is 0 Å². The Labute approximate surface area is 96.1 Å². The van der Waals surface area contributed by atoms with Crippen molar-refractivity contribution in [2.75, 3.05) is 6.61 Å². The van der Waals surface area contributed by atoms with Gasteiger partial charge in [-0.2, -0.15) is 0 Å². The van der Waals surface area contributed by atoms with E-state index in [1.165, 1.54) is 10.8 Å². The van der Waals surface area contributed by atoms with E-state index in [0.29, 0.717) is 12.8 Å². The summed E-state index contributed by atoms with van der Waals surface area (Å²) in [4.78, 5) is 0. The highest BCUT2D eigenvalue weighted by atomic mass is 31.1. The van der Waals surface area contributed by atoms with Crippen molar-refractivity contribution in [1.82, 2.24) is 0 Å². The van der Waals surface area contributed by atoms with Crippen molar-refractivity contribution in [3.05, 3.63) is 48.0 Å². The molecular formula is C13H14O2P+. The van der Waals surface area contributed by atoms with Gasteiger partial charge in [0, 0.05) is 5.56 Å². The molecule has 0 aliphatic rings. The van der Waals surface area contributed by atoms with E-state index >= 15 is 0 Å². The second kappa shape index (κ2) is 5.20. The summed E-state index contributed by atoms with van der Waals surface area (Å²) in [7, 11) is -1.56. The van der Waals surface area contributed by atoms with Gasteiger partial charge in [-0.25, -0.2) is 0 Å². The standard InChI is InChI=1S/C13H14O2P/c1-2-15-16(14)10-11-7-8-12-5-3-4-6-13(12)9-11/h3-9H,2,10H2,1H3/q+1. The van der Waals surface area contributed by atoms with E-state index in [2.05, 4.69) is 24.3 Å². The van der Waals surface area contributed by atoms with E-state index in [-0.39, 0.29) is 0 Å². The average molecular weight is 233 g/mol. The van der Waals surface area contributed by atoms with Gasteiger partial charge < -0.3 is 0 Å². The van der Waals surface area contributed by atoms with Gasteiger partial charge in [-0.05, 0) is 28.3 Å². The molecule has 0 aliphatic carbocycles. The van der Waals surface area contributed by atoms with Gasteiger partial charge in [0.1, 0.15) is 0 Å². The van der Waals surface area contributed by atoms with Gasteiger partial charge in [-0.3, -0.25) is 0 Å². The van der Waals surface area contributed by atoms with Crippen molar-refractivity contribution < 1.29 is 9.09 Å². The summed E-state index contributed by atoms with van der Waals surface area (Å²) in [6, 6.07) is 14.3. The number of benzene rings is 2. The predicted octanol–water partition coefficient (Wildman–Crippen LogP) is 4.12. The molecule has 0 N–H and O–H groups in total. The molecule has 0 saturated carbocycles. The van der Waals surface area contributed by atoms with Crippen LogP contribution in [0.1, 0.15) is 12.5 Å². The molecule has 0 heterocycles. The van der Waals surface area contributed by atoms with E-state index in [9.17, 15) is 4.57 Å². The summed E-state index contributed by atoms with van der Waals surface area (Å²) >= 11 is 0. The molecule has 0 saturated heterocycles. The largest absolute Gasteiger partial charge is 0.512 e. The molecule has 16 heavy (non-hydrogen) atoms. The van der Waals surface area contributed by atoms with Crippen LogP contribution in [0.25, 0.3) is 10.8 Å². The molecule has 1 unspecified atom stereocenters. The Morgan fingerprint density at radius 3 is 2.62 bits per heavy atom. The van der Waals surface area contributed by atoms with Crippen LogP contribution in [0.15, 0.2) is 42.5 Å². The molecule has 0 aromatic heterocycles. The quantitative estimate of drug-likeness (QED) is 0.742. The second-order valence-corrected chi connectivity index (χ2v) is 4.83. The van der Waals surface area contributed by atoms with E-state index in [1.54, 1.807) is 0 Å². The summed E-state index contributed by atoms with van der Waals surface area (Å²) in [5.41, 5.74) is 1.06. The van der Waals surface area contributed by atoms with Crippen LogP contribution in [0.2, 0.25) is 0 Å². The number of fused-ring (bicyclic) bond motifs is 1. The lowest BCUT2D eigenvalue weighted by molar-refractivity contribution is 0.350. The monoisotopic (exact) mass is 233 g/mol. The zero-order chi connectivity index (χ0) is 11.4. The van der Waals surface area contributed by atoms with Crippen molar-refractivity contribution in [2.24, 2.45) is 0 Å². The minimum absolute atomic E-state index is 0.494. The number of hydrogen-bond acceptors (Lipinski definition) is 2. The highest BCUT2D eigenvalue weighted by Crippen LogP contribution is 2.29. The third-order valence-electron chi connectivity index (χ3n) is 2.40. The summed E-state index contributed by atoms with van der Waals surface area (Å²) in [5.74, 6) is 0. The van der Waals surface area contributed by atoms with Gasteiger partial charge in [-0.1, -0.05) is 36.4 Å². The predicted molar refractivity (Wildman–Crippen MR) is 66.9 cm³/mol. The summed E-state index contributed by atoms with van der Waals surface area (Å²) in [6.45, 7) is 2.36. The SMILES string of the molecule is CCO[P+](=O)Cc1ccc2ccccc2c1. The molecule has 2 nitrogen and oxygen atoms in total. The molecule has 1 atom stereocenters. The Kier molecular flexibility index (Phi) is 3.66. The smallest absolute Gasteiger partial charge is 0.146 e. The number of rotatable bonds is 4. The lowest BCUT2D eigenvalue weighted by atomic mass is 10.1. The lowest BCUT2D eigenvalue weighted by Gasteiger charge is -1.98. The van der Waals surface area contributed by atoms with Gasteiger partial charge in [0.25, 0.3) is 0 Å². The first kappa shape index (κ1) is 11.3. The van der Waals surface area contributed by atoms with Crippen molar-refractivity contribution >= 4 is 18.8 Å². The summed E-state index contributed by atoms with van der Waals surface area (Å²) in [5, 5.41) is 2.39. The van der Waals surface area contributed by atoms with Crippen LogP contribution in [0.5, 0.6) is 0 Å². The van der Waals surface area contributed by atoms with E-state index in [4.69, 9.17) is 4.52 Å². The Balaban J connectivity index is 2.22. The van der Waals surface area contributed by atoms with Crippen molar-refractivity contribution in [3.8, 4) is 0 Å². The highest BCUT2D eigenvalue weighted by molar-refractivity contribution is 7.38. The molecule has 2 rings (SSSR count). The topological polar surface area (TPSA) is 26.3 Å². The molecule has 0 fully saturated rings. The summed E-state index contributed by atoms with van der Waals surface area (Å²) < 4.78 is 16.5. The van der Waals surface area contributed by atoms with E-state index in [0.717, 1.165) is 5.56 Å². The Morgan fingerprint density at radius 2 is 1.88 bits per heavy atom. The first-order valence-electron chi connectivity index (χ1n) is 5.35. The second-order valence-electron chi connectivity index (χ2n) is 3.59. The van der Waals surface area contributed by atoms with Crippen LogP contribution in [-0.2, 0) is 15.3 Å². The average Bonchev–Trinajstić information content (AvgIpc) is 2.29. The fraction of sp³-hybridized carbons (Fsp3) is 0.231. The van der Waals surface area contributed by atoms with Gasteiger partial charge in [0.2, 0.25) is 6.16 Å². The first-order valence-corrected chi connectivity index (χ1v) is 6.71. The van der Waals surface area contributed by atoms with Crippen LogP contribution >= 0.6 is 8.03 Å². The molecular weight excluding hydrogens is 219 g/mol. The maximum absolute atomic E-state index is 11.5. The molecule has 82 valence electrons. The molecule has 0 amide bonds. The maximum atomic E-state index is 11.5. The third-order valence-corrected chi connectivity index (χ3v) is 3.57. The van der Waals surface area contributed by atoms with Gasteiger partial charge in [-0.15, -0.1) is 4.52 Å². The van der Waals surface area contributed by atoms with Crippen LogP contribution < -0.4 is 0 Å². The molecule has 0 aliphatic heterocycles. The zero-order valence-electron chi connectivity index (χ0n) is 9.22. The van der Waals surface area contributed by atoms with Gasteiger partial charge in [0.15, 0.2) is 0 Å². The van der Waals surface area contributed by atoms with Crippen molar-refractivity contribution in [1.29, 1.82) is 0 Å². The first-order chi connectivity index (χ1) is 7.79. The zero-order valence-corrected chi connectivity index (χ0v) is 10.1. The molecule has 2 aromatic rings. The van der Waals surface area contributed by atoms with Crippen molar-refractivity contribution in [3.63, 3.8) is 0 Å². The minimum Gasteiger partial charge on any atom is -0.146 e. The van der Waals surface area contributed by atoms with Crippen LogP contribution in [-0.4, -0.2) is 6.61 Å². The molecule has 0 radical (unpaired) electrons. The number of hydrogen-bond donors (Lipinski definition) is 0. The Bertz CT molecular complexity index is 508. The van der Waals surface area contributed by atoms with Gasteiger partial charge in [0.05, 0.1) is 6.61 Å². The lowest BCUT2D eigenvalue weighted by Crippen LogP contribution is -1.84. The molecule has 2 aromatic carbocycles. The highest BCUT2D eigenvalue weighted by Gasteiger charge is 2.16. The summed E-state index contributed by atoms with van der Waals surface area (Å²) in [6.07, 6.45) is 0.494. The van der Waals surface area contributed by atoms with E-state index < -0.39 is 8.03 Å². The fourth-order valence-corrected chi connectivity index (χ4v) is 2.55. The normalized spacial score (nSPS) is 11.7. The van der Waals surface area contributed by atoms with Gasteiger partial charge >= 0.3 is 8.03 Å². The fourth-order valence-electron chi connectivity index (χ4n) is 1.68. The van der Waals surface area contributed by atoms with Crippen molar-refractivity contribution in [2.45, 2.75) is 13.1 Å².